The molecule has 4 rings (SSSR count). The third-order valence-corrected chi connectivity index (χ3v) is 8.24. The second-order valence-electron chi connectivity index (χ2n) is 9.97. The summed E-state index contributed by atoms with van der Waals surface area (Å²) in [5.41, 5.74) is 4.86. The van der Waals surface area contributed by atoms with Gasteiger partial charge in [0.15, 0.2) is 0 Å². The van der Waals surface area contributed by atoms with Gasteiger partial charge in [-0.05, 0) is 54.4 Å². The monoisotopic (exact) mass is 504 g/mol. The van der Waals surface area contributed by atoms with Crippen molar-refractivity contribution in [2.75, 3.05) is 26.3 Å². The minimum absolute atomic E-state index is 0.176. The number of benzene rings is 2. The van der Waals surface area contributed by atoms with Gasteiger partial charge in [-0.25, -0.2) is 8.42 Å². The van der Waals surface area contributed by atoms with Crippen LogP contribution < -0.4 is 5.32 Å². The summed E-state index contributed by atoms with van der Waals surface area (Å²) >= 11 is 0. The van der Waals surface area contributed by atoms with E-state index in [2.05, 4.69) is 72.6 Å². The summed E-state index contributed by atoms with van der Waals surface area (Å²) in [4.78, 5) is 2.22. The molecule has 0 amide bonds. The topological polar surface area (TPSA) is 72.5 Å². The number of rotatable bonds is 11. The Labute approximate surface area is 216 Å². The highest BCUT2D eigenvalue weighted by Crippen LogP contribution is 2.38. The minimum atomic E-state index is -4.46. The van der Waals surface area contributed by atoms with Crippen molar-refractivity contribution in [3.63, 3.8) is 0 Å². The summed E-state index contributed by atoms with van der Waals surface area (Å²) in [6, 6.07) is 17.1. The Kier molecular flexibility index (Phi) is 8.89. The third kappa shape index (κ3) is 7.00. The van der Waals surface area contributed by atoms with Crippen LogP contribution in [0.25, 0.3) is 0 Å². The van der Waals surface area contributed by atoms with E-state index in [9.17, 15) is 13.0 Å². The fraction of sp³-hybridized carbons (Fsp3) is 0.400. The maximum absolute atomic E-state index is 11.5. The predicted octanol–water partition coefficient (Wildman–Crippen LogP) is 5.37. The lowest BCUT2D eigenvalue weighted by atomic mass is 9.78. The molecule has 0 aromatic heterocycles. The zero-order chi connectivity index (χ0) is 25.5. The number of hydrogen-bond donors (Lipinski definition) is 1. The van der Waals surface area contributed by atoms with Crippen LogP contribution in [0.2, 0.25) is 0 Å². The van der Waals surface area contributed by atoms with Crippen LogP contribution in [-0.2, 0) is 10.1 Å². The SMILES string of the molecule is CCC(CC(CC(C)C1=[C+]C=C(CN2CCNC2)C=C1)c1ccc(S(=O)(=O)[O-])cc1)c1ccccc1. The maximum atomic E-state index is 11.5. The lowest BCUT2D eigenvalue weighted by Gasteiger charge is -2.26. The molecular weight excluding hydrogens is 468 g/mol. The molecule has 6 heteroatoms. The Morgan fingerprint density at radius 1 is 1.00 bits per heavy atom. The van der Waals surface area contributed by atoms with Crippen molar-refractivity contribution in [2.45, 2.75) is 49.8 Å². The van der Waals surface area contributed by atoms with Crippen LogP contribution in [0.5, 0.6) is 0 Å². The first-order valence-electron chi connectivity index (χ1n) is 12.9. The van der Waals surface area contributed by atoms with Gasteiger partial charge in [-0.3, -0.25) is 4.90 Å². The zero-order valence-electron chi connectivity index (χ0n) is 21.2. The Morgan fingerprint density at radius 3 is 2.31 bits per heavy atom. The Hall–Kier alpha value is -2.60. The first kappa shape index (κ1) is 26.5. The Bertz CT molecular complexity index is 1190. The molecule has 36 heavy (non-hydrogen) atoms. The molecule has 1 aliphatic carbocycles. The van der Waals surface area contributed by atoms with E-state index in [-0.39, 0.29) is 16.7 Å². The highest BCUT2D eigenvalue weighted by Gasteiger charge is 2.25. The molecule has 1 N–H and O–H groups in total. The van der Waals surface area contributed by atoms with E-state index in [1.807, 2.05) is 18.2 Å². The molecule has 1 fully saturated rings. The lowest BCUT2D eigenvalue weighted by molar-refractivity contribution is 0.366. The van der Waals surface area contributed by atoms with E-state index in [1.165, 1.54) is 28.8 Å². The van der Waals surface area contributed by atoms with Crippen molar-refractivity contribution in [2.24, 2.45) is 5.92 Å². The summed E-state index contributed by atoms with van der Waals surface area (Å²) < 4.78 is 34.4. The molecule has 1 saturated heterocycles. The van der Waals surface area contributed by atoms with Crippen molar-refractivity contribution in [1.29, 1.82) is 0 Å². The van der Waals surface area contributed by atoms with Crippen molar-refractivity contribution >= 4 is 10.1 Å². The van der Waals surface area contributed by atoms with Gasteiger partial charge in [-0.2, -0.15) is 0 Å². The van der Waals surface area contributed by atoms with E-state index >= 15 is 0 Å². The standard InChI is InChI=1S/C30H36N2O3S/c1-3-25(27-7-5-4-6-8-27)20-29(28-13-15-30(16-14-28)36(33,34)35)19-23(2)26-11-9-24(10-12-26)21-32-18-17-31-22-32/h4-11,13-16,23,25,29,31H,3,17-22H2,1-2H3. The van der Waals surface area contributed by atoms with Crippen molar-refractivity contribution in [1.82, 2.24) is 10.2 Å². The van der Waals surface area contributed by atoms with Gasteiger partial charge in [0.1, 0.15) is 21.8 Å². The van der Waals surface area contributed by atoms with E-state index in [1.54, 1.807) is 0 Å². The van der Waals surface area contributed by atoms with Crippen LogP contribution in [0, 0.1) is 12.0 Å². The van der Waals surface area contributed by atoms with E-state index < -0.39 is 10.1 Å². The smallest absolute Gasteiger partial charge is 0.124 e. The first-order chi connectivity index (χ1) is 17.3. The second kappa shape index (κ2) is 12.1. The van der Waals surface area contributed by atoms with Gasteiger partial charge in [0.25, 0.3) is 0 Å². The molecule has 2 aromatic carbocycles. The molecule has 2 aliphatic rings. The van der Waals surface area contributed by atoms with E-state index in [0.717, 1.165) is 51.1 Å². The molecule has 2 aromatic rings. The van der Waals surface area contributed by atoms with Gasteiger partial charge in [-0.15, -0.1) is 0 Å². The quantitative estimate of drug-likeness (QED) is 0.329. The fourth-order valence-corrected chi connectivity index (χ4v) is 5.73. The van der Waals surface area contributed by atoms with Gasteiger partial charge < -0.3 is 9.87 Å². The molecule has 1 heterocycles. The molecule has 0 radical (unpaired) electrons. The number of allylic oxidation sites excluding steroid dienone is 4. The van der Waals surface area contributed by atoms with Crippen LogP contribution in [0.15, 0.2) is 88.9 Å². The molecule has 190 valence electrons. The molecule has 0 spiro atoms. The summed E-state index contributed by atoms with van der Waals surface area (Å²) in [6.45, 7) is 8.45. The number of nitrogens with one attached hydrogen (secondary N) is 1. The zero-order valence-corrected chi connectivity index (χ0v) is 22.0. The normalized spacial score (nSPS) is 18.8. The Balaban J connectivity index is 1.52. The molecule has 5 nitrogen and oxygen atoms in total. The minimum Gasteiger partial charge on any atom is -0.744 e. The van der Waals surface area contributed by atoms with E-state index in [0.29, 0.717) is 5.92 Å². The molecule has 0 bridgehead atoms. The third-order valence-electron chi connectivity index (χ3n) is 7.39. The maximum Gasteiger partial charge on any atom is 0.124 e. The summed E-state index contributed by atoms with van der Waals surface area (Å²) in [5, 5.41) is 3.37. The summed E-state index contributed by atoms with van der Waals surface area (Å²) in [5.74, 6) is 0.901. The molecule has 3 atom stereocenters. The van der Waals surface area contributed by atoms with Gasteiger partial charge in [0.2, 0.25) is 0 Å². The van der Waals surface area contributed by atoms with Gasteiger partial charge in [-0.1, -0.05) is 56.3 Å². The average Bonchev–Trinajstić information content (AvgIpc) is 3.40. The molecule has 0 saturated carbocycles. The predicted molar refractivity (Wildman–Crippen MR) is 143 cm³/mol. The molecule has 1 aliphatic heterocycles. The Morgan fingerprint density at radius 2 is 1.72 bits per heavy atom. The largest absolute Gasteiger partial charge is 0.744 e. The van der Waals surface area contributed by atoms with Crippen LogP contribution in [-0.4, -0.2) is 44.2 Å². The highest BCUT2D eigenvalue weighted by molar-refractivity contribution is 7.85. The van der Waals surface area contributed by atoms with Crippen molar-refractivity contribution < 1.29 is 13.0 Å². The van der Waals surface area contributed by atoms with Gasteiger partial charge >= 0.3 is 0 Å². The van der Waals surface area contributed by atoms with E-state index in [4.69, 9.17) is 0 Å². The van der Waals surface area contributed by atoms with Crippen LogP contribution in [0.1, 0.15) is 56.1 Å². The average molecular weight is 505 g/mol. The van der Waals surface area contributed by atoms with Crippen molar-refractivity contribution in [3.05, 3.63) is 101 Å². The van der Waals surface area contributed by atoms with Gasteiger partial charge in [0, 0.05) is 31.8 Å². The first-order valence-corrected chi connectivity index (χ1v) is 14.3. The van der Waals surface area contributed by atoms with Gasteiger partial charge in [0.05, 0.1) is 29.2 Å². The summed E-state index contributed by atoms with van der Waals surface area (Å²) in [7, 11) is -4.46. The van der Waals surface area contributed by atoms with Crippen LogP contribution in [0.4, 0.5) is 0 Å². The second-order valence-corrected chi connectivity index (χ2v) is 11.4. The number of nitrogens with zero attached hydrogens (tertiary/aromatic N) is 1. The fourth-order valence-electron chi connectivity index (χ4n) is 5.26. The highest BCUT2D eigenvalue weighted by atomic mass is 32.2. The van der Waals surface area contributed by atoms with Crippen molar-refractivity contribution in [3.8, 4) is 0 Å². The lowest BCUT2D eigenvalue weighted by Crippen LogP contribution is -2.24. The van der Waals surface area contributed by atoms with Crippen LogP contribution >= 0.6 is 0 Å². The van der Waals surface area contributed by atoms with Crippen LogP contribution in [0.3, 0.4) is 0 Å². The molecule has 3 unspecified atom stereocenters. The summed E-state index contributed by atoms with van der Waals surface area (Å²) in [6.07, 6.45) is 12.9. The molecular formula is C30H36N2O3S. The number of hydrogen-bond acceptors (Lipinski definition) is 5.